The molecule has 1 nitrogen and oxygen atoms in total. The smallest absolute Gasteiger partial charge is 0.0518 e. The quantitative estimate of drug-likeness (QED) is 0.529. The molecule has 1 heteroatoms. The molecule has 1 rings (SSSR count). The summed E-state index contributed by atoms with van der Waals surface area (Å²) in [5.74, 6) is 1.69. The van der Waals surface area contributed by atoms with Gasteiger partial charge in [-0.05, 0) is 5.92 Å². The molecule has 56 valence electrons. The highest BCUT2D eigenvalue weighted by molar-refractivity contribution is 4.67. The Bertz CT molecular complexity index is 55.6. The molecule has 1 heterocycles. The average molecular weight is 130 g/mol. The first kappa shape index (κ1) is 8.96. The zero-order valence-electron chi connectivity index (χ0n) is 6.98. The van der Waals surface area contributed by atoms with Crippen LogP contribution in [0.2, 0.25) is 0 Å². The summed E-state index contributed by atoms with van der Waals surface area (Å²) in [5, 5.41) is 0. The fourth-order valence-electron chi connectivity index (χ4n) is 0.639. The van der Waals surface area contributed by atoms with Gasteiger partial charge in [-0.1, -0.05) is 27.7 Å². The third kappa shape index (κ3) is 2.85. The van der Waals surface area contributed by atoms with E-state index < -0.39 is 0 Å². The molecule has 0 saturated carbocycles. The number of rotatable bonds is 1. The molecular formula is C8H18O. The van der Waals surface area contributed by atoms with Crippen molar-refractivity contribution in [2.75, 3.05) is 13.2 Å². The molecule has 9 heavy (non-hydrogen) atoms. The number of hydrogen-bond acceptors (Lipinski definition) is 1. The van der Waals surface area contributed by atoms with Crippen LogP contribution in [0.4, 0.5) is 0 Å². The van der Waals surface area contributed by atoms with Gasteiger partial charge in [0.05, 0.1) is 13.2 Å². The minimum absolute atomic E-state index is 0.828. The zero-order valence-corrected chi connectivity index (χ0v) is 6.98. The van der Waals surface area contributed by atoms with E-state index in [1.54, 1.807) is 0 Å². The molecule has 1 saturated heterocycles. The van der Waals surface area contributed by atoms with Crippen LogP contribution in [0.25, 0.3) is 0 Å². The lowest BCUT2D eigenvalue weighted by Crippen LogP contribution is -2.31. The van der Waals surface area contributed by atoms with Gasteiger partial charge >= 0.3 is 0 Å². The van der Waals surface area contributed by atoms with Crippen LogP contribution in [0.3, 0.4) is 0 Å². The van der Waals surface area contributed by atoms with Crippen LogP contribution in [0.15, 0.2) is 0 Å². The molecule has 1 aliphatic heterocycles. The van der Waals surface area contributed by atoms with Crippen LogP contribution in [0, 0.1) is 11.8 Å². The highest BCUT2D eigenvalue weighted by Gasteiger charge is 2.20. The Kier molecular flexibility index (Phi) is 4.78. The predicted octanol–water partition coefficient (Wildman–Crippen LogP) is 2.32. The first-order valence-electron chi connectivity index (χ1n) is 3.88. The fourth-order valence-corrected chi connectivity index (χ4v) is 0.639. The van der Waals surface area contributed by atoms with E-state index in [1.165, 1.54) is 0 Å². The first-order chi connectivity index (χ1) is 4.30. The van der Waals surface area contributed by atoms with E-state index in [9.17, 15) is 0 Å². The largest absolute Gasteiger partial charge is 0.381 e. The minimum atomic E-state index is 0.828. The fraction of sp³-hybridized carbons (Fsp3) is 1.00. The van der Waals surface area contributed by atoms with Gasteiger partial charge < -0.3 is 4.74 Å². The van der Waals surface area contributed by atoms with Crippen molar-refractivity contribution in [1.82, 2.24) is 0 Å². The van der Waals surface area contributed by atoms with Crippen LogP contribution >= 0.6 is 0 Å². The molecule has 0 unspecified atom stereocenters. The Labute approximate surface area is 58.4 Å². The van der Waals surface area contributed by atoms with E-state index in [-0.39, 0.29) is 0 Å². The summed E-state index contributed by atoms with van der Waals surface area (Å²) in [7, 11) is 0. The SMILES string of the molecule is CC.CC(C)C1COC1. The van der Waals surface area contributed by atoms with E-state index in [4.69, 9.17) is 4.74 Å². The zero-order chi connectivity index (χ0) is 7.28. The number of hydrogen-bond donors (Lipinski definition) is 0. The molecular weight excluding hydrogens is 112 g/mol. The number of ether oxygens (including phenoxy) is 1. The normalized spacial score (nSPS) is 18.3. The highest BCUT2D eigenvalue weighted by atomic mass is 16.5. The van der Waals surface area contributed by atoms with Crippen LogP contribution in [-0.4, -0.2) is 13.2 Å². The Hall–Kier alpha value is -0.0400. The molecule has 0 aromatic rings. The maximum absolute atomic E-state index is 5.00. The van der Waals surface area contributed by atoms with Gasteiger partial charge in [0.2, 0.25) is 0 Å². The summed E-state index contributed by atoms with van der Waals surface area (Å²) in [6, 6.07) is 0. The first-order valence-corrected chi connectivity index (χ1v) is 3.88. The molecule has 0 amide bonds. The van der Waals surface area contributed by atoms with Crippen LogP contribution in [0.1, 0.15) is 27.7 Å². The second-order valence-corrected chi connectivity index (χ2v) is 2.54. The van der Waals surface area contributed by atoms with Crippen molar-refractivity contribution < 1.29 is 4.74 Å². The lowest BCUT2D eigenvalue weighted by atomic mass is 9.95. The lowest BCUT2D eigenvalue weighted by Gasteiger charge is -2.29. The molecule has 1 fully saturated rings. The van der Waals surface area contributed by atoms with Crippen LogP contribution < -0.4 is 0 Å². The Morgan fingerprint density at radius 1 is 1.22 bits per heavy atom. The van der Waals surface area contributed by atoms with Crippen molar-refractivity contribution in [3.63, 3.8) is 0 Å². The summed E-state index contributed by atoms with van der Waals surface area (Å²) in [6.07, 6.45) is 0. The lowest BCUT2D eigenvalue weighted by molar-refractivity contribution is -0.0534. The maximum Gasteiger partial charge on any atom is 0.0518 e. The monoisotopic (exact) mass is 130 g/mol. The van der Waals surface area contributed by atoms with E-state index >= 15 is 0 Å². The topological polar surface area (TPSA) is 9.23 Å². The van der Waals surface area contributed by atoms with Gasteiger partial charge in [0.1, 0.15) is 0 Å². The molecule has 0 atom stereocenters. The van der Waals surface area contributed by atoms with Gasteiger partial charge in [-0.15, -0.1) is 0 Å². The minimum Gasteiger partial charge on any atom is -0.381 e. The summed E-state index contributed by atoms with van der Waals surface area (Å²) in [4.78, 5) is 0. The van der Waals surface area contributed by atoms with Gasteiger partial charge in [-0.25, -0.2) is 0 Å². The molecule has 0 radical (unpaired) electrons. The van der Waals surface area contributed by atoms with Crippen LogP contribution in [-0.2, 0) is 4.74 Å². The van der Waals surface area contributed by atoms with Crippen molar-refractivity contribution in [3.8, 4) is 0 Å². The van der Waals surface area contributed by atoms with E-state index in [1.807, 2.05) is 13.8 Å². The van der Waals surface area contributed by atoms with Crippen molar-refractivity contribution in [1.29, 1.82) is 0 Å². The van der Waals surface area contributed by atoms with Gasteiger partial charge in [0.15, 0.2) is 0 Å². The summed E-state index contributed by atoms with van der Waals surface area (Å²) in [5.41, 5.74) is 0. The van der Waals surface area contributed by atoms with Crippen LogP contribution in [0.5, 0.6) is 0 Å². The Balaban J connectivity index is 0.000000291. The highest BCUT2D eigenvalue weighted by Crippen LogP contribution is 2.18. The average Bonchev–Trinajstić information content (AvgIpc) is 1.65. The van der Waals surface area contributed by atoms with E-state index in [0.717, 1.165) is 25.0 Å². The molecule has 0 spiro atoms. The summed E-state index contributed by atoms with van der Waals surface area (Å²) >= 11 is 0. The van der Waals surface area contributed by atoms with E-state index in [0.29, 0.717) is 0 Å². The summed E-state index contributed by atoms with van der Waals surface area (Å²) in [6.45, 7) is 10.5. The van der Waals surface area contributed by atoms with Crippen molar-refractivity contribution in [2.45, 2.75) is 27.7 Å². The van der Waals surface area contributed by atoms with Crippen molar-refractivity contribution >= 4 is 0 Å². The maximum atomic E-state index is 5.00. The molecule has 0 bridgehead atoms. The van der Waals surface area contributed by atoms with Gasteiger partial charge in [0.25, 0.3) is 0 Å². The van der Waals surface area contributed by atoms with E-state index in [2.05, 4.69) is 13.8 Å². The van der Waals surface area contributed by atoms with Gasteiger partial charge in [0, 0.05) is 5.92 Å². The van der Waals surface area contributed by atoms with Crippen molar-refractivity contribution in [3.05, 3.63) is 0 Å². The second kappa shape index (κ2) is 4.80. The summed E-state index contributed by atoms with van der Waals surface area (Å²) < 4.78 is 5.00. The molecule has 0 N–H and O–H groups in total. The third-order valence-electron chi connectivity index (χ3n) is 1.61. The van der Waals surface area contributed by atoms with Gasteiger partial charge in [-0.2, -0.15) is 0 Å². The predicted molar refractivity (Wildman–Crippen MR) is 40.5 cm³/mol. The Morgan fingerprint density at radius 2 is 1.67 bits per heavy atom. The molecule has 1 aliphatic rings. The molecule has 0 aromatic carbocycles. The standard InChI is InChI=1S/C6H12O.C2H6/c1-5(2)6-3-7-4-6;1-2/h5-6H,3-4H2,1-2H3;1-2H3. The molecule has 0 aromatic heterocycles. The third-order valence-corrected chi connectivity index (χ3v) is 1.61. The van der Waals surface area contributed by atoms with Gasteiger partial charge in [-0.3, -0.25) is 0 Å². The second-order valence-electron chi connectivity index (χ2n) is 2.54. The Morgan fingerprint density at radius 3 is 1.67 bits per heavy atom. The molecule has 0 aliphatic carbocycles. The van der Waals surface area contributed by atoms with Crippen molar-refractivity contribution in [2.24, 2.45) is 11.8 Å².